The van der Waals surface area contributed by atoms with Crippen molar-refractivity contribution in [3.05, 3.63) is 66.2 Å². The molecule has 29 heavy (non-hydrogen) atoms. The third kappa shape index (κ3) is 5.63. The van der Waals surface area contributed by atoms with E-state index in [-0.39, 0.29) is 37.0 Å². The van der Waals surface area contributed by atoms with Crippen LogP contribution in [0.2, 0.25) is 0 Å². The van der Waals surface area contributed by atoms with Gasteiger partial charge in [0, 0.05) is 39.3 Å². The van der Waals surface area contributed by atoms with Crippen molar-refractivity contribution >= 4 is 15.9 Å². The molecule has 0 bridgehead atoms. The molecule has 8 heteroatoms. The average Bonchev–Trinajstić information content (AvgIpc) is 2.75. The highest BCUT2D eigenvalue weighted by atomic mass is 32.2. The van der Waals surface area contributed by atoms with E-state index in [9.17, 15) is 18.3 Å². The summed E-state index contributed by atoms with van der Waals surface area (Å²) in [6, 6.07) is 18.2. The Hall–Kier alpha value is -2.26. The molecule has 1 fully saturated rings. The Morgan fingerprint density at radius 2 is 1.52 bits per heavy atom. The molecule has 1 aliphatic rings. The van der Waals surface area contributed by atoms with E-state index in [1.165, 1.54) is 4.31 Å². The molecule has 0 spiro atoms. The predicted molar refractivity (Wildman–Crippen MR) is 111 cm³/mol. The Morgan fingerprint density at radius 1 is 0.931 bits per heavy atom. The fraction of sp³-hybridized carbons (Fsp3) is 0.381. The number of aliphatic hydroxyl groups is 1. The van der Waals surface area contributed by atoms with Crippen molar-refractivity contribution in [1.29, 1.82) is 0 Å². The molecule has 2 aromatic rings. The van der Waals surface area contributed by atoms with Gasteiger partial charge in [0.2, 0.25) is 15.9 Å². The molecule has 0 unspecified atom stereocenters. The Bertz CT molecular complexity index is 883. The van der Waals surface area contributed by atoms with Crippen LogP contribution in [0.25, 0.3) is 0 Å². The van der Waals surface area contributed by atoms with Gasteiger partial charge in [-0.1, -0.05) is 48.5 Å². The molecule has 7 nitrogen and oxygen atoms in total. The highest BCUT2D eigenvalue weighted by Crippen LogP contribution is 2.17. The van der Waals surface area contributed by atoms with Gasteiger partial charge in [-0.25, -0.2) is 8.42 Å². The van der Waals surface area contributed by atoms with Crippen molar-refractivity contribution < 1.29 is 18.3 Å². The number of carbonyl (C=O) groups excluding carboxylic acids is 1. The summed E-state index contributed by atoms with van der Waals surface area (Å²) >= 11 is 0. The number of carbonyl (C=O) groups is 1. The third-order valence-electron chi connectivity index (χ3n) is 5.00. The minimum Gasteiger partial charge on any atom is -0.395 e. The molecule has 1 N–H and O–H groups in total. The number of nitrogens with zero attached hydrogens (tertiary/aromatic N) is 3. The molecule has 0 saturated carbocycles. The summed E-state index contributed by atoms with van der Waals surface area (Å²) in [6.07, 6.45) is 0. The standard InChI is InChI=1S/C21H27N3O4S/c25-16-15-22(17-19-7-3-1-4-8-19)18-21(26)23-11-13-24(14-12-23)29(27,28)20-9-5-2-6-10-20/h1-10,25H,11-18H2. The van der Waals surface area contributed by atoms with E-state index in [4.69, 9.17) is 0 Å². The fourth-order valence-corrected chi connectivity index (χ4v) is 4.85. The van der Waals surface area contributed by atoms with Crippen LogP contribution < -0.4 is 0 Å². The first kappa shape index (κ1) is 21.4. The lowest BCUT2D eigenvalue weighted by Gasteiger charge is -2.35. The number of piperazine rings is 1. The largest absolute Gasteiger partial charge is 0.395 e. The van der Waals surface area contributed by atoms with Crippen LogP contribution in [0.5, 0.6) is 0 Å². The number of aliphatic hydroxyl groups excluding tert-OH is 1. The maximum atomic E-state index is 12.7. The van der Waals surface area contributed by atoms with E-state index in [0.717, 1.165) is 5.56 Å². The normalized spacial score (nSPS) is 15.6. The fourth-order valence-electron chi connectivity index (χ4n) is 3.41. The Morgan fingerprint density at radius 3 is 2.10 bits per heavy atom. The monoisotopic (exact) mass is 417 g/mol. The summed E-state index contributed by atoms with van der Waals surface area (Å²) in [4.78, 5) is 16.6. The molecule has 1 aliphatic heterocycles. The van der Waals surface area contributed by atoms with Crippen molar-refractivity contribution in [2.75, 3.05) is 45.9 Å². The van der Waals surface area contributed by atoms with Gasteiger partial charge in [-0.3, -0.25) is 9.69 Å². The summed E-state index contributed by atoms with van der Waals surface area (Å²) in [5.74, 6) is -0.0499. The Kier molecular flexibility index (Phi) is 7.38. The number of sulfonamides is 1. The number of rotatable bonds is 8. The van der Waals surface area contributed by atoms with Gasteiger partial charge in [0.1, 0.15) is 0 Å². The number of hydrogen-bond donors (Lipinski definition) is 1. The van der Waals surface area contributed by atoms with E-state index in [1.54, 1.807) is 35.2 Å². The maximum Gasteiger partial charge on any atom is 0.243 e. The molecule has 1 heterocycles. The number of hydrogen-bond acceptors (Lipinski definition) is 5. The minimum absolute atomic E-state index is 0.0246. The van der Waals surface area contributed by atoms with Crippen molar-refractivity contribution in [2.24, 2.45) is 0 Å². The molecule has 0 atom stereocenters. The average molecular weight is 418 g/mol. The van der Waals surface area contributed by atoms with Gasteiger partial charge in [0.25, 0.3) is 0 Å². The van der Waals surface area contributed by atoms with Crippen LogP contribution >= 0.6 is 0 Å². The zero-order valence-corrected chi connectivity index (χ0v) is 17.2. The number of benzene rings is 2. The molecule has 3 rings (SSSR count). The topological polar surface area (TPSA) is 81.2 Å². The van der Waals surface area contributed by atoms with Crippen LogP contribution in [-0.2, 0) is 21.4 Å². The van der Waals surface area contributed by atoms with E-state index in [2.05, 4.69) is 0 Å². The van der Waals surface area contributed by atoms with E-state index >= 15 is 0 Å². The van der Waals surface area contributed by atoms with Crippen molar-refractivity contribution in [3.63, 3.8) is 0 Å². The molecule has 1 saturated heterocycles. The summed E-state index contributed by atoms with van der Waals surface area (Å²) in [7, 11) is -3.53. The minimum atomic E-state index is -3.53. The Balaban J connectivity index is 1.56. The van der Waals surface area contributed by atoms with Gasteiger partial charge < -0.3 is 10.0 Å². The van der Waals surface area contributed by atoms with Gasteiger partial charge >= 0.3 is 0 Å². The summed E-state index contributed by atoms with van der Waals surface area (Å²) in [5.41, 5.74) is 1.08. The van der Waals surface area contributed by atoms with Crippen molar-refractivity contribution in [2.45, 2.75) is 11.4 Å². The lowest BCUT2D eigenvalue weighted by Crippen LogP contribution is -2.52. The Labute approximate surface area is 172 Å². The van der Waals surface area contributed by atoms with Crippen molar-refractivity contribution in [3.8, 4) is 0 Å². The van der Waals surface area contributed by atoms with E-state index in [0.29, 0.717) is 26.2 Å². The summed E-state index contributed by atoms with van der Waals surface area (Å²) in [5, 5.41) is 9.33. The van der Waals surface area contributed by atoms with Crippen LogP contribution in [-0.4, -0.2) is 79.4 Å². The number of amides is 1. The van der Waals surface area contributed by atoms with Gasteiger partial charge in [-0.2, -0.15) is 4.31 Å². The molecule has 1 amide bonds. The van der Waals surface area contributed by atoms with Crippen LogP contribution in [0.3, 0.4) is 0 Å². The quantitative estimate of drug-likeness (QED) is 0.694. The zero-order valence-electron chi connectivity index (χ0n) is 16.4. The highest BCUT2D eigenvalue weighted by molar-refractivity contribution is 7.89. The van der Waals surface area contributed by atoms with Gasteiger partial charge in [0.05, 0.1) is 18.0 Å². The SMILES string of the molecule is O=C(CN(CCO)Cc1ccccc1)N1CCN(S(=O)(=O)c2ccccc2)CC1. The second-order valence-electron chi connectivity index (χ2n) is 7.02. The first-order valence-corrected chi connectivity index (χ1v) is 11.1. The van der Waals surface area contributed by atoms with Gasteiger partial charge in [0.15, 0.2) is 0 Å². The summed E-state index contributed by atoms with van der Waals surface area (Å²) < 4.78 is 26.9. The van der Waals surface area contributed by atoms with Crippen LogP contribution in [0.15, 0.2) is 65.6 Å². The maximum absolute atomic E-state index is 12.7. The van der Waals surface area contributed by atoms with Crippen LogP contribution in [0.1, 0.15) is 5.56 Å². The second kappa shape index (κ2) is 9.98. The van der Waals surface area contributed by atoms with E-state index in [1.807, 2.05) is 35.2 Å². The second-order valence-corrected chi connectivity index (χ2v) is 8.96. The lowest BCUT2D eigenvalue weighted by atomic mass is 10.2. The molecule has 2 aromatic carbocycles. The first-order chi connectivity index (χ1) is 14.0. The summed E-state index contributed by atoms with van der Waals surface area (Å²) in [6.45, 7) is 2.44. The molecular weight excluding hydrogens is 390 g/mol. The predicted octanol–water partition coefficient (Wildman–Crippen LogP) is 1.01. The highest BCUT2D eigenvalue weighted by Gasteiger charge is 2.30. The molecular formula is C21H27N3O4S. The van der Waals surface area contributed by atoms with Crippen molar-refractivity contribution in [1.82, 2.24) is 14.1 Å². The van der Waals surface area contributed by atoms with E-state index < -0.39 is 10.0 Å². The lowest BCUT2D eigenvalue weighted by molar-refractivity contribution is -0.133. The zero-order chi connectivity index (χ0) is 20.7. The van der Waals surface area contributed by atoms with Gasteiger partial charge in [-0.15, -0.1) is 0 Å². The molecule has 0 aromatic heterocycles. The molecule has 156 valence electrons. The first-order valence-electron chi connectivity index (χ1n) is 9.71. The third-order valence-corrected chi connectivity index (χ3v) is 6.91. The van der Waals surface area contributed by atoms with Crippen LogP contribution in [0, 0.1) is 0 Å². The molecule has 0 aliphatic carbocycles. The smallest absolute Gasteiger partial charge is 0.243 e. The van der Waals surface area contributed by atoms with Gasteiger partial charge in [-0.05, 0) is 17.7 Å². The molecule has 0 radical (unpaired) electrons. The van der Waals surface area contributed by atoms with Crippen LogP contribution in [0.4, 0.5) is 0 Å².